The number of rotatable bonds is 6. The normalized spacial score (nSPS) is 15.9. The molecule has 4 rings (SSSR count). The van der Waals surface area contributed by atoms with Crippen molar-refractivity contribution in [2.75, 3.05) is 0 Å². The summed E-state index contributed by atoms with van der Waals surface area (Å²) in [4.78, 5) is 13.2. The SMILES string of the molecule is CC1=C(C(=O)c2ccccc2)[C@H](c2ccc(OCc3ccccc3)cc2)NC(=S)N1. The smallest absolute Gasteiger partial charge is 0.193 e. The molecular formula is C25H22N2O2S. The monoisotopic (exact) mass is 414 g/mol. The summed E-state index contributed by atoms with van der Waals surface area (Å²) >= 11 is 5.35. The van der Waals surface area contributed by atoms with E-state index in [0.29, 0.717) is 22.9 Å². The number of thiocarbonyl (C=S) groups is 1. The van der Waals surface area contributed by atoms with Crippen LogP contribution in [0.1, 0.15) is 34.5 Å². The van der Waals surface area contributed by atoms with Crippen molar-refractivity contribution in [3.63, 3.8) is 0 Å². The molecule has 0 spiro atoms. The Labute approximate surface area is 181 Å². The van der Waals surface area contributed by atoms with E-state index in [2.05, 4.69) is 10.6 Å². The third-order valence-electron chi connectivity index (χ3n) is 5.01. The number of nitrogens with one attached hydrogen (secondary N) is 2. The highest BCUT2D eigenvalue weighted by Crippen LogP contribution is 2.30. The van der Waals surface area contributed by atoms with Crippen molar-refractivity contribution in [3.05, 3.63) is 113 Å². The molecule has 1 aliphatic heterocycles. The molecule has 2 N–H and O–H groups in total. The zero-order chi connectivity index (χ0) is 20.9. The minimum Gasteiger partial charge on any atom is -0.489 e. The van der Waals surface area contributed by atoms with Crippen LogP contribution in [0.2, 0.25) is 0 Å². The van der Waals surface area contributed by atoms with Gasteiger partial charge >= 0.3 is 0 Å². The van der Waals surface area contributed by atoms with Gasteiger partial charge in [-0.1, -0.05) is 72.8 Å². The molecule has 30 heavy (non-hydrogen) atoms. The number of allylic oxidation sites excluding steroid dienone is 1. The van der Waals surface area contributed by atoms with Gasteiger partial charge in [-0.2, -0.15) is 0 Å². The van der Waals surface area contributed by atoms with E-state index < -0.39 is 0 Å². The van der Waals surface area contributed by atoms with Crippen LogP contribution < -0.4 is 15.4 Å². The van der Waals surface area contributed by atoms with Crippen LogP contribution in [-0.4, -0.2) is 10.9 Å². The van der Waals surface area contributed by atoms with Crippen molar-refractivity contribution in [2.24, 2.45) is 0 Å². The van der Waals surface area contributed by atoms with E-state index in [9.17, 15) is 4.79 Å². The average Bonchev–Trinajstić information content (AvgIpc) is 2.78. The minimum absolute atomic E-state index is 0.0231. The Morgan fingerprint density at radius 1 is 0.933 bits per heavy atom. The van der Waals surface area contributed by atoms with Crippen LogP contribution in [0.15, 0.2) is 96.2 Å². The number of hydrogen-bond acceptors (Lipinski definition) is 3. The molecule has 0 unspecified atom stereocenters. The van der Waals surface area contributed by atoms with Crippen molar-refractivity contribution in [1.82, 2.24) is 10.6 Å². The van der Waals surface area contributed by atoms with Gasteiger partial charge in [-0.25, -0.2) is 0 Å². The summed E-state index contributed by atoms with van der Waals surface area (Å²) in [5.41, 5.74) is 4.14. The lowest BCUT2D eigenvalue weighted by molar-refractivity contribution is 0.102. The van der Waals surface area contributed by atoms with Crippen LogP contribution in [0.25, 0.3) is 0 Å². The van der Waals surface area contributed by atoms with E-state index in [1.54, 1.807) is 0 Å². The van der Waals surface area contributed by atoms with Gasteiger partial charge in [-0.15, -0.1) is 0 Å². The second-order valence-electron chi connectivity index (χ2n) is 7.11. The van der Waals surface area contributed by atoms with Crippen LogP contribution in [0.5, 0.6) is 5.75 Å². The standard InChI is InChI=1S/C25H22N2O2S/c1-17-22(24(28)20-10-6-3-7-11-20)23(27-25(30)26-17)19-12-14-21(15-13-19)29-16-18-8-4-2-5-9-18/h2-15,23H,16H2,1H3,(H2,26,27,30)/t23-/m0/s1. The fraction of sp³-hybridized carbons (Fsp3) is 0.120. The van der Waals surface area contributed by atoms with Crippen molar-refractivity contribution < 1.29 is 9.53 Å². The first kappa shape index (κ1) is 19.9. The van der Waals surface area contributed by atoms with Crippen LogP contribution in [0, 0.1) is 0 Å². The first-order valence-corrected chi connectivity index (χ1v) is 10.2. The molecule has 150 valence electrons. The van der Waals surface area contributed by atoms with E-state index in [-0.39, 0.29) is 11.8 Å². The van der Waals surface area contributed by atoms with Crippen molar-refractivity contribution in [2.45, 2.75) is 19.6 Å². The average molecular weight is 415 g/mol. The van der Waals surface area contributed by atoms with Crippen molar-refractivity contribution in [1.29, 1.82) is 0 Å². The van der Waals surface area contributed by atoms with Crippen LogP contribution in [0.3, 0.4) is 0 Å². The fourth-order valence-electron chi connectivity index (χ4n) is 3.49. The minimum atomic E-state index is -0.324. The van der Waals surface area contributed by atoms with Gasteiger partial charge in [0.15, 0.2) is 10.9 Å². The van der Waals surface area contributed by atoms with Gasteiger partial charge in [-0.05, 0) is 42.4 Å². The molecule has 1 atom stereocenters. The Balaban J connectivity index is 1.57. The highest BCUT2D eigenvalue weighted by atomic mass is 32.1. The van der Waals surface area contributed by atoms with Gasteiger partial charge in [0.2, 0.25) is 0 Å². The molecule has 1 aliphatic rings. The van der Waals surface area contributed by atoms with Crippen molar-refractivity contribution in [3.8, 4) is 5.75 Å². The number of carbonyl (C=O) groups excluding carboxylic acids is 1. The fourth-order valence-corrected chi connectivity index (χ4v) is 3.76. The van der Waals surface area contributed by atoms with Crippen LogP contribution in [-0.2, 0) is 6.61 Å². The first-order chi connectivity index (χ1) is 14.6. The quantitative estimate of drug-likeness (QED) is 0.442. The number of carbonyl (C=O) groups is 1. The lowest BCUT2D eigenvalue weighted by Gasteiger charge is -2.30. The van der Waals surface area contributed by atoms with E-state index in [4.69, 9.17) is 17.0 Å². The molecule has 0 aliphatic carbocycles. The molecule has 0 saturated heterocycles. The maximum Gasteiger partial charge on any atom is 0.193 e. The van der Waals surface area contributed by atoms with E-state index in [1.165, 1.54) is 0 Å². The second-order valence-corrected chi connectivity index (χ2v) is 7.52. The van der Waals surface area contributed by atoms with Gasteiger partial charge in [0.25, 0.3) is 0 Å². The van der Waals surface area contributed by atoms with E-state index >= 15 is 0 Å². The lowest BCUT2D eigenvalue weighted by Crippen LogP contribution is -2.44. The maximum absolute atomic E-state index is 13.2. The highest BCUT2D eigenvalue weighted by molar-refractivity contribution is 7.80. The molecule has 0 saturated carbocycles. The van der Waals surface area contributed by atoms with Gasteiger partial charge in [0, 0.05) is 16.8 Å². The molecule has 0 radical (unpaired) electrons. The molecular weight excluding hydrogens is 392 g/mol. The number of hydrogen-bond donors (Lipinski definition) is 2. The zero-order valence-corrected chi connectivity index (χ0v) is 17.4. The summed E-state index contributed by atoms with van der Waals surface area (Å²) in [5, 5.41) is 6.83. The predicted octanol–water partition coefficient (Wildman–Crippen LogP) is 4.94. The second kappa shape index (κ2) is 8.93. The van der Waals surface area contributed by atoms with Gasteiger partial charge in [0.1, 0.15) is 12.4 Å². The molecule has 0 bridgehead atoms. The largest absolute Gasteiger partial charge is 0.489 e. The van der Waals surface area contributed by atoms with Gasteiger partial charge < -0.3 is 15.4 Å². The predicted molar refractivity (Wildman–Crippen MR) is 122 cm³/mol. The Bertz CT molecular complexity index is 1080. The first-order valence-electron chi connectivity index (χ1n) is 9.76. The number of benzene rings is 3. The summed E-state index contributed by atoms with van der Waals surface area (Å²) in [6, 6.07) is 26.8. The van der Waals surface area contributed by atoms with E-state index in [0.717, 1.165) is 22.6 Å². The third-order valence-corrected chi connectivity index (χ3v) is 5.23. The topological polar surface area (TPSA) is 50.4 Å². The highest BCUT2D eigenvalue weighted by Gasteiger charge is 2.30. The van der Waals surface area contributed by atoms with Gasteiger partial charge in [0.05, 0.1) is 6.04 Å². The van der Waals surface area contributed by atoms with Crippen LogP contribution in [0.4, 0.5) is 0 Å². The molecule has 5 heteroatoms. The molecule has 3 aromatic rings. The Hall–Kier alpha value is -3.44. The summed E-state index contributed by atoms with van der Waals surface area (Å²) in [6.07, 6.45) is 0. The van der Waals surface area contributed by atoms with Crippen LogP contribution >= 0.6 is 12.2 Å². The Kier molecular flexibility index (Phi) is 5.91. The van der Waals surface area contributed by atoms with E-state index in [1.807, 2.05) is 91.9 Å². The third kappa shape index (κ3) is 4.42. The summed E-state index contributed by atoms with van der Waals surface area (Å²) in [7, 11) is 0. The summed E-state index contributed by atoms with van der Waals surface area (Å²) in [5.74, 6) is 0.751. The van der Waals surface area contributed by atoms with Gasteiger partial charge in [-0.3, -0.25) is 4.79 Å². The molecule has 0 amide bonds. The summed E-state index contributed by atoms with van der Waals surface area (Å²) in [6.45, 7) is 2.39. The number of Topliss-reactive ketones (excluding diaryl/α,β-unsaturated/α-hetero) is 1. The molecule has 3 aromatic carbocycles. The zero-order valence-electron chi connectivity index (χ0n) is 16.6. The Morgan fingerprint density at radius 2 is 1.57 bits per heavy atom. The molecule has 0 aromatic heterocycles. The molecule has 4 nitrogen and oxygen atoms in total. The van der Waals surface area contributed by atoms with Crippen molar-refractivity contribution >= 4 is 23.1 Å². The number of ketones is 1. The molecule has 0 fully saturated rings. The molecule has 1 heterocycles. The Morgan fingerprint density at radius 3 is 2.23 bits per heavy atom. The number of ether oxygens (including phenoxy) is 1. The summed E-state index contributed by atoms with van der Waals surface area (Å²) < 4.78 is 5.88. The lowest BCUT2D eigenvalue weighted by atomic mass is 9.90. The maximum atomic E-state index is 13.2.